The molecule has 1 amide bonds. The molecule has 1 fully saturated rings. The fraction of sp³-hybridized carbons (Fsp3) is 0.533. The van der Waals surface area contributed by atoms with Gasteiger partial charge in [-0.05, 0) is 50.2 Å². The number of anilines is 2. The molecule has 2 N–H and O–H groups in total. The van der Waals surface area contributed by atoms with E-state index in [1.54, 1.807) is 4.90 Å². The van der Waals surface area contributed by atoms with Crippen LogP contribution in [0.4, 0.5) is 11.4 Å². The Hall–Kier alpha value is -1.55. The van der Waals surface area contributed by atoms with Crippen molar-refractivity contribution in [3.8, 4) is 0 Å². The van der Waals surface area contributed by atoms with Crippen molar-refractivity contribution < 1.29 is 4.79 Å². The number of nitrogens with two attached hydrogens (primary N) is 1. The molecule has 1 aliphatic rings. The third-order valence-electron chi connectivity index (χ3n) is 3.75. The van der Waals surface area contributed by atoms with Crippen LogP contribution in [0.15, 0.2) is 24.3 Å². The number of benzene rings is 1. The molecule has 104 valence electrons. The maximum Gasteiger partial charge on any atom is 0.228 e. The second-order valence-electron chi connectivity index (χ2n) is 5.20. The third kappa shape index (κ3) is 3.96. The van der Waals surface area contributed by atoms with Crippen LogP contribution in [0, 0.1) is 0 Å². The van der Waals surface area contributed by atoms with Crippen LogP contribution in [0.1, 0.15) is 25.7 Å². The number of rotatable bonds is 4. The van der Waals surface area contributed by atoms with Crippen LogP contribution in [0.5, 0.6) is 0 Å². The summed E-state index contributed by atoms with van der Waals surface area (Å²) in [6, 6.07) is 7.41. The molecular formula is C15H23N3O. The average molecular weight is 261 g/mol. The minimum atomic E-state index is 0.162. The van der Waals surface area contributed by atoms with E-state index in [2.05, 4.69) is 4.90 Å². The topological polar surface area (TPSA) is 49.6 Å². The predicted octanol–water partition coefficient (Wildman–Crippen LogP) is 2.11. The molecule has 19 heavy (non-hydrogen) atoms. The van der Waals surface area contributed by atoms with Gasteiger partial charge in [-0.25, -0.2) is 0 Å². The summed E-state index contributed by atoms with van der Waals surface area (Å²) >= 11 is 0. The number of likely N-dealkylation sites (tertiary alicyclic amines) is 1. The van der Waals surface area contributed by atoms with Gasteiger partial charge >= 0.3 is 0 Å². The molecular weight excluding hydrogens is 238 g/mol. The summed E-state index contributed by atoms with van der Waals surface area (Å²) in [5.41, 5.74) is 7.27. The highest BCUT2D eigenvalue weighted by Gasteiger charge is 2.14. The van der Waals surface area contributed by atoms with Gasteiger partial charge in [-0.15, -0.1) is 0 Å². The van der Waals surface area contributed by atoms with Crippen LogP contribution in [0.2, 0.25) is 0 Å². The average Bonchev–Trinajstić information content (AvgIpc) is 2.46. The van der Waals surface area contributed by atoms with E-state index in [1.165, 1.54) is 19.3 Å². The van der Waals surface area contributed by atoms with E-state index in [9.17, 15) is 4.79 Å². The molecule has 1 heterocycles. The van der Waals surface area contributed by atoms with Gasteiger partial charge in [-0.2, -0.15) is 0 Å². The van der Waals surface area contributed by atoms with E-state index in [0.717, 1.165) is 31.0 Å². The Kier molecular flexibility index (Phi) is 4.80. The van der Waals surface area contributed by atoms with E-state index in [4.69, 9.17) is 5.73 Å². The fourth-order valence-electron chi connectivity index (χ4n) is 2.45. The Balaban J connectivity index is 1.83. The molecule has 0 unspecified atom stereocenters. The van der Waals surface area contributed by atoms with Crippen molar-refractivity contribution in [3.05, 3.63) is 24.3 Å². The van der Waals surface area contributed by atoms with E-state index in [0.29, 0.717) is 6.42 Å². The second-order valence-corrected chi connectivity index (χ2v) is 5.20. The van der Waals surface area contributed by atoms with Gasteiger partial charge < -0.3 is 15.5 Å². The van der Waals surface area contributed by atoms with Crippen molar-refractivity contribution in [1.29, 1.82) is 0 Å². The summed E-state index contributed by atoms with van der Waals surface area (Å²) in [6.45, 7) is 3.15. The number of hydrogen-bond acceptors (Lipinski definition) is 3. The van der Waals surface area contributed by atoms with Crippen LogP contribution in [-0.2, 0) is 4.79 Å². The molecule has 4 nitrogen and oxygen atoms in total. The van der Waals surface area contributed by atoms with Crippen LogP contribution in [-0.4, -0.2) is 37.5 Å². The first-order chi connectivity index (χ1) is 9.16. The smallest absolute Gasteiger partial charge is 0.228 e. The van der Waals surface area contributed by atoms with Gasteiger partial charge in [0.2, 0.25) is 5.91 Å². The lowest BCUT2D eigenvalue weighted by Crippen LogP contribution is -2.35. The molecule has 0 spiro atoms. The zero-order chi connectivity index (χ0) is 13.7. The summed E-state index contributed by atoms with van der Waals surface area (Å²) in [6.07, 6.45) is 4.45. The SMILES string of the molecule is CN(C(=O)CCN1CCCCC1)c1ccc(N)cc1. The zero-order valence-corrected chi connectivity index (χ0v) is 11.6. The van der Waals surface area contributed by atoms with Gasteiger partial charge in [0.1, 0.15) is 0 Å². The highest BCUT2D eigenvalue weighted by atomic mass is 16.2. The quantitative estimate of drug-likeness (QED) is 0.845. The summed E-state index contributed by atoms with van der Waals surface area (Å²) in [5.74, 6) is 0.162. The summed E-state index contributed by atoms with van der Waals surface area (Å²) < 4.78 is 0. The minimum absolute atomic E-state index is 0.162. The van der Waals surface area contributed by atoms with Gasteiger partial charge in [-0.3, -0.25) is 4.79 Å². The largest absolute Gasteiger partial charge is 0.399 e. The zero-order valence-electron chi connectivity index (χ0n) is 11.6. The molecule has 1 aliphatic heterocycles. The minimum Gasteiger partial charge on any atom is -0.399 e. The van der Waals surface area contributed by atoms with Crippen molar-refractivity contribution >= 4 is 17.3 Å². The number of nitrogens with zero attached hydrogens (tertiary/aromatic N) is 2. The molecule has 0 radical (unpaired) electrons. The standard InChI is InChI=1S/C15H23N3O/c1-17(14-7-5-13(16)6-8-14)15(19)9-12-18-10-3-2-4-11-18/h5-8H,2-4,9-12,16H2,1H3. The highest BCUT2D eigenvalue weighted by molar-refractivity contribution is 5.93. The fourth-order valence-corrected chi connectivity index (χ4v) is 2.45. The number of carbonyl (C=O) groups excluding carboxylic acids is 1. The molecule has 4 heteroatoms. The highest BCUT2D eigenvalue weighted by Crippen LogP contribution is 2.16. The monoisotopic (exact) mass is 261 g/mol. The van der Waals surface area contributed by atoms with Crippen LogP contribution < -0.4 is 10.6 Å². The first-order valence-electron chi connectivity index (χ1n) is 7.01. The first-order valence-corrected chi connectivity index (χ1v) is 7.01. The Morgan fingerprint density at radius 3 is 2.47 bits per heavy atom. The molecule has 0 saturated carbocycles. The van der Waals surface area contributed by atoms with Gasteiger partial charge in [0, 0.05) is 31.4 Å². The van der Waals surface area contributed by atoms with Crippen molar-refractivity contribution in [3.63, 3.8) is 0 Å². The lowest BCUT2D eigenvalue weighted by Gasteiger charge is -2.27. The van der Waals surface area contributed by atoms with Gasteiger partial charge in [0.05, 0.1) is 0 Å². The molecule has 1 saturated heterocycles. The molecule has 0 aliphatic carbocycles. The maximum absolute atomic E-state index is 12.1. The van der Waals surface area contributed by atoms with Gasteiger partial charge in [0.25, 0.3) is 0 Å². The van der Waals surface area contributed by atoms with Gasteiger partial charge in [-0.1, -0.05) is 6.42 Å². The van der Waals surface area contributed by atoms with Crippen molar-refractivity contribution in [1.82, 2.24) is 4.90 Å². The molecule has 2 rings (SSSR count). The van der Waals surface area contributed by atoms with Crippen molar-refractivity contribution in [2.45, 2.75) is 25.7 Å². The van der Waals surface area contributed by atoms with Crippen molar-refractivity contribution in [2.24, 2.45) is 0 Å². The lowest BCUT2D eigenvalue weighted by atomic mass is 10.1. The van der Waals surface area contributed by atoms with Crippen molar-refractivity contribution in [2.75, 3.05) is 37.3 Å². The third-order valence-corrected chi connectivity index (χ3v) is 3.75. The molecule has 1 aromatic carbocycles. The number of carbonyl (C=O) groups is 1. The number of nitrogen functional groups attached to an aromatic ring is 1. The Labute approximate surface area is 115 Å². The Bertz CT molecular complexity index is 410. The van der Waals surface area contributed by atoms with Crippen LogP contribution in [0.25, 0.3) is 0 Å². The van der Waals surface area contributed by atoms with E-state index < -0.39 is 0 Å². The number of amides is 1. The maximum atomic E-state index is 12.1. The van der Waals surface area contributed by atoms with Gasteiger partial charge in [0.15, 0.2) is 0 Å². The molecule has 1 aromatic rings. The molecule has 0 atom stereocenters. The molecule has 0 aromatic heterocycles. The van der Waals surface area contributed by atoms with E-state index in [1.807, 2.05) is 31.3 Å². The van der Waals surface area contributed by atoms with E-state index >= 15 is 0 Å². The summed E-state index contributed by atoms with van der Waals surface area (Å²) in [7, 11) is 1.82. The summed E-state index contributed by atoms with van der Waals surface area (Å²) in [4.78, 5) is 16.2. The Morgan fingerprint density at radius 2 is 1.84 bits per heavy atom. The number of hydrogen-bond donors (Lipinski definition) is 1. The van der Waals surface area contributed by atoms with Crippen LogP contribution in [0.3, 0.4) is 0 Å². The predicted molar refractivity (Wildman–Crippen MR) is 79.2 cm³/mol. The summed E-state index contributed by atoms with van der Waals surface area (Å²) in [5, 5.41) is 0. The van der Waals surface area contributed by atoms with E-state index in [-0.39, 0.29) is 5.91 Å². The number of piperidine rings is 1. The first kappa shape index (κ1) is 13.9. The Morgan fingerprint density at radius 1 is 1.21 bits per heavy atom. The second kappa shape index (κ2) is 6.57. The normalized spacial score (nSPS) is 16.3. The lowest BCUT2D eigenvalue weighted by molar-refractivity contribution is -0.118. The molecule has 0 bridgehead atoms. The van der Waals surface area contributed by atoms with Crippen LogP contribution >= 0.6 is 0 Å².